The molecular formula is C12H16O6S2. The van der Waals surface area contributed by atoms with Crippen LogP contribution in [0.4, 0.5) is 0 Å². The van der Waals surface area contributed by atoms with E-state index in [0.717, 1.165) is 12.3 Å². The lowest BCUT2D eigenvalue weighted by molar-refractivity contribution is 0.0696. The summed E-state index contributed by atoms with van der Waals surface area (Å²) >= 11 is 0. The Balaban J connectivity index is 3.28. The summed E-state index contributed by atoms with van der Waals surface area (Å²) in [6.45, 7) is 1.74. The molecule has 0 aliphatic rings. The van der Waals surface area contributed by atoms with Crippen molar-refractivity contribution in [2.45, 2.75) is 18.2 Å². The van der Waals surface area contributed by atoms with Gasteiger partial charge in [-0.2, -0.15) is 0 Å². The van der Waals surface area contributed by atoms with Crippen molar-refractivity contribution in [2.24, 2.45) is 0 Å². The van der Waals surface area contributed by atoms with Crippen molar-refractivity contribution >= 4 is 25.6 Å². The molecule has 0 heterocycles. The fraction of sp³-hybridized carbons (Fsp3) is 0.417. The molecule has 1 N–H and O–H groups in total. The number of hydrogen-bond acceptors (Lipinski definition) is 5. The summed E-state index contributed by atoms with van der Waals surface area (Å²) in [6.07, 6.45) is 1.37. The third-order valence-electron chi connectivity index (χ3n) is 2.75. The van der Waals surface area contributed by atoms with Crippen LogP contribution in [-0.4, -0.2) is 45.7 Å². The molecule has 0 aliphatic carbocycles. The zero-order valence-corrected chi connectivity index (χ0v) is 12.8. The highest BCUT2D eigenvalue weighted by atomic mass is 32.2. The van der Waals surface area contributed by atoms with Crippen LogP contribution in [0.15, 0.2) is 23.1 Å². The molecule has 1 aromatic rings. The van der Waals surface area contributed by atoms with Gasteiger partial charge in [-0.05, 0) is 24.1 Å². The SMILES string of the molecule is CCc1ccc(C(=O)O)cc1S(=O)(=O)CCS(C)(=O)=O. The maximum atomic E-state index is 12.2. The minimum absolute atomic E-state index is 0.108. The maximum absolute atomic E-state index is 12.2. The van der Waals surface area contributed by atoms with Crippen LogP contribution in [0.1, 0.15) is 22.8 Å². The predicted molar refractivity (Wildman–Crippen MR) is 74.5 cm³/mol. The molecule has 0 saturated heterocycles. The highest BCUT2D eigenvalue weighted by molar-refractivity contribution is 7.94. The minimum Gasteiger partial charge on any atom is -0.478 e. The van der Waals surface area contributed by atoms with Gasteiger partial charge in [-0.25, -0.2) is 21.6 Å². The topological polar surface area (TPSA) is 106 Å². The molecule has 0 atom stereocenters. The fourth-order valence-corrected chi connectivity index (χ4v) is 4.87. The average Bonchev–Trinajstić information content (AvgIpc) is 2.35. The summed E-state index contributed by atoms with van der Waals surface area (Å²) in [5, 5.41) is 8.91. The molecule has 0 fully saturated rings. The van der Waals surface area contributed by atoms with Crippen LogP contribution in [0.2, 0.25) is 0 Å². The number of carboxylic acid groups (broad SMARTS) is 1. The summed E-state index contributed by atoms with van der Waals surface area (Å²) in [4.78, 5) is 10.8. The number of carboxylic acids is 1. The Morgan fingerprint density at radius 1 is 1.15 bits per heavy atom. The molecule has 0 bridgehead atoms. The second kappa shape index (κ2) is 5.92. The molecule has 112 valence electrons. The van der Waals surface area contributed by atoms with Gasteiger partial charge in [0.15, 0.2) is 9.84 Å². The predicted octanol–water partition coefficient (Wildman–Crippen LogP) is 0.766. The van der Waals surface area contributed by atoms with Crippen molar-refractivity contribution in [3.8, 4) is 0 Å². The van der Waals surface area contributed by atoms with Crippen LogP contribution in [-0.2, 0) is 26.1 Å². The Hall–Kier alpha value is -1.41. The number of carbonyl (C=O) groups is 1. The molecule has 1 aromatic carbocycles. The number of sulfone groups is 2. The lowest BCUT2D eigenvalue weighted by atomic mass is 10.1. The number of aromatic carboxylic acids is 1. The summed E-state index contributed by atoms with van der Waals surface area (Å²) in [7, 11) is -7.24. The highest BCUT2D eigenvalue weighted by Gasteiger charge is 2.21. The normalized spacial score (nSPS) is 12.3. The lowest BCUT2D eigenvalue weighted by Crippen LogP contribution is -2.18. The van der Waals surface area contributed by atoms with Crippen molar-refractivity contribution in [1.82, 2.24) is 0 Å². The van der Waals surface area contributed by atoms with E-state index >= 15 is 0 Å². The van der Waals surface area contributed by atoms with Crippen LogP contribution in [0.25, 0.3) is 0 Å². The Morgan fingerprint density at radius 2 is 1.75 bits per heavy atom. The quantitative estimate of drug-likeness (QED) is 0.829. The number of rotatable bonds is 6. The Bertz CT molecular complexity index is 716. The molecular weight excluding hydrogens is 304 g/mol. The average molecular weight is 320 g/mol. The Morgan fingerprint density at radius 3 is 2.20 bits per heavy atom. The molecule has 8 heteroatoms. The van der Waals surface area contributed by atoms with Gasteiger partial charge in [-0.15, -0.1) is 0 Å². The van der Waals surface area contributed by atoms with Gasteiger partial charge in [-0.3, -0.25) is 0 Å². The van der Waals surface area contributed by atoms with Gasteiger partial charge in [0.2, 0.25) is 0 Å². The van der Waals surface area contributed by atoms with Crippen molar-refractivity contribution in [3.05, 3.63) is 29.3 Å². The molecule has 0 radical (unpaired) electrons. The standard InChI is InChI=1S/C12H16O6S2/c1-3-9-4-5-10(12(13)14)8-11(9)20(17,18)7-6-19(2,15)16/h4-5,8H,3,6-7H2,1-2H3,(H,13,14). The summed E-state index contributed by atoms with van der Waals surface area (Å²) in [5.74, 6) is -2.27. The van der Waals surface area contributed by atoms with E-state index in [2.05, 4.69) is 0 Å². The third-order valence-corrected chi connectivity index (χ3v) is 5.75. The van der Waals surface area contributed by atoms with Crippen molar-refractivity contribution in [2.75, 3.05) is 17.8 Å². The van der Waals surface area contributed by atoms with Crippen molar-refractivity contribution in [3.63, 3.8) is 0 Å². The zero-order chi connectivity index (χ0) is 15.6. The third kappa shape index (κ3) is 4.31. The van der Waals surface area contributed by atoms with Crippen LogP contribution < -0.4 is 0 Å². The van der Waals surface area contributed by atoms with Crippen molar-refractivity contribution < 1.29 is 26.7 Å². The van der Waals surface area contributed by atoms with E-state index in [9.17, 15) is 21.6 Å². The van der Waals surface area contributed by atoms with E-state index in [-0.39, 0.29) is 10.5 Å². The van der Waals surface area contributed by atoms with Gasteiger partial charge in [-0.1, -0.05) is 13.0 Å². The second-order valence-corrected chi connectivity index (χ2v) is 8.77. The summed E-state index contributed by atoms with van der Waals surface area (Å²) in [5.41, 5.74) is 0.337. The molecule has 20 heavy (non-hydrogen) atoms. The molecule has 0 amide bonds. The molecule has 6 nitrogen and oxygen atoms in total. The van der Waals surface area contributed by atoms with E-state index in [0.29, 0.717) is 12.0 Å². The van der Waals surface area contributed by atoms with Gasteiger partial charge in [0, 0.05) is 6.26 Å². The van der Waals surface area contributed by atoms with Crippen LogP contribution >= 0.6 is 0 Å². The first-order chi connectivity index (χ1) is 9.07. The van der Waals surface area contributed by atoms with Crippen LogP contribution in [0, 0.1) is 0 Å². The van der Waals surface area contributed by atoms with E-state index in [1.807, 2.05) is 0 Å². The zero-order valence-electron chi connectivity index (χ0n) is 11.2. The molecule has 0 saturated carbocycles. The van der Waals surface area contributed by atoms with E-state index in [1.165, 1.54) is 12.1 Å². The summed E-state index contributed by atoms with van der Waals surface area (Å²) in [6, 6.07) is 3.85. The Kier molecular flexibility index (Phi) is 4.93. The summed E-state index contributed by atoms with van der Waals surface area (Å²) < 4.78 is 46.5. The molecule has 0 aliphatic heterocycles. The largest absolute Gasteiger partial charge is 0.478 e. The lowest BCUT2D eigenvalue weighted by Gasteiger charge is -2.10. The number of benzene rings is 1. The molecule has 0 spiro atoms. The molecule has 0 unspecified atom stereocenters. The first-order valence-electron chi connectivity index (χ1n) is 5.83. The van der Waals surface area contributed by atoms with E-state index < -0.39 is 37.1 Å². The maximum Gasteiger partial charge on any atom is 0.335 e. The molecule has 1 rings (SSSR count). The highest BCUT2D eigenvalue weighted by Crippen LogP contribution is 2.20. The van der Waals surface area contributed by atoms with E-state index in [4.69, 9.17) is 5.11 Å². The molecule has 0 aromatic heterocycles. The van der Waals surface area contributed by atoms with Crippen molar-refractivity contribution in [1.29, 1.82) is 0 Å². The fourth-order valence-electron chi connectivity index (χ4n) is 1.64. The van der Waals surface area contributed by atoms with Gasteiger partial charge >= 0.3 is 5.97 Å². The number of hydrogen-bond donors (Lipinski definition) is 1. The first-order valence-corrected chi connectivity index (χ1v) is 9.55. The van der Waals surface area contributed by atoms with Crippen LogP contribution in [0.3, 0.4) is 0 Å². The second-order valence-electron chi connectivity index (χ2n) is 4.43. The monoisotopic (exact) mass is 320 g/mol. The van der Waals surface area contributed by atoms with Gasteiger partial charge in [0.25, 0.3) is 0 Å². The van der Waals surface area contributed by atoms with Gasteiger partial charge < -0.3 is 5.11 Å². The van der Waals surface area contributed by atoms with Gasteiger partial charge in [0.1, 0.15) is 9.84 Å². The van der Waals surface area contributed by atoms with Gasteiger partial charge in [0.05, 0.1) is 22.0 Å². The minimum atomic E-state index is -3.83. The Labute approximate surface area is 118 Å². The van der Waals surface area contributed by atoms with E-state index in [1.54, 1.807) is 6.92 Å². The van der Waals surface area contributed by atoms with Crippen LogP contribution in [0.5, 0.6) is 0 Å². The first kappa shape index (κ1) is 16.6. The smallest absolute Gasteiger partial charge is 0.335 e. The number of aryl methyl sites for hydroxylation is 1.